The van der Waals surface area contributed by atoms with Gasteiger partial charge in [0, 0.05) is 63.7 Å². The first-order chi connectivity index (χ1) is 14.1. The van der Waals surface area contributed by atoms with Gasteiger partial charge in [0.25, 0.3) is 5.56 Å². The van der Waals surface area contributed by atoms with Crippen LogP contribution in [-0.2, 0) is 11.3 Å². The molecule has 2 aromatic rings. The van der Waals surface area contributed by atoms with Crippen LogP contribution in [0.4, 0.5) is 11.9 Å². The Morgan fingerprint density at radius 1 is 1.13 bits per heavy atom. The molecule has 10 heteroatoms. The summed E-state index contributed by atoms with van der Waals surface area (Å²) in [5.41, 5.74) is 1.96. The average molecular weight is 418 g/mol. The summed E-state index contributed by atoms with van der Waals surface area (Å²) in [4.78, 5) is 35.1. The Morgan fingerprint density at radius 3 is 2.43 bits per heavy atom. The van der Waals surface area contributed by atoms with E-state index in [4.69, 9.17) is 9.72 Å². The smallest absolute Gasteiger partial charge is 0.252 e. The molecule has 2 fully saturated rings. The summed E-state index contributed by atoms with van der Waals surface area (Å²) < 4.78 is 5.40. The Hall–Kier alpha value is -2.56. The third-order valence-corrected chi connectivity index (χ3v) is 5.56. The van der Waals surface area contributed by atoms with Crippen molar-refractivity contribution in [1.29, 1.82) is 0 Å². The number of rotatable bonds is 5. The van der Waals surface area contributed by atoms with Crippen molar-refractivity contribution in [3.05, 3.63) is 40.1 Å². The molecule has 2 aliphatic heterocycles. The maximum atomic E-state index is 12.2. The number of aromatic amines is 1. The number of morpholine rings is 1. The van der Waals surface area contributed by atoms with Crippen molar-refractivity contribution in [3.8, 4) is 0 Å². The van der Waals surface area contributed by atoms with Crippen LogP contribution in [0.5, 0.6) is 0 Å². The third-order valence-electron chi connectivity index (χ3n) is 5.56. The van der Waals surface area contributed by atoms with Gasteiger partial charge in [-0.25, -0.2) is 15.0 Å². The molecule has 0 atom stereocenters. The maximum absolute atomic E-state index is 12.2. The average Bonchev–Trinajstić information content (AvgIpc) is 2.75. The first-order valence-corrected chi connectivity index (χ1v) is 10.2. The summed E-state index contributed by atoms with van der Waals surface area (Å²) in [5, 5.41) is 0. The lowest BCUT2D eigenvalue weighted by Crippen LogP contribution is -2.39. The van der Waals surface area contributed by atoms with Crippen LogP contribution >= 0.6 is 0 Å². The second kappa shape index (κ2) is 9.96. The summed E-state index contributed by atoms with van der Waals surface area (Å²) in [6, 6.07) is 1.66. The number of aromatic nitrogens is 4. The number of ether oxygens (including phenoxy) is 1. The normalized spacial score (nSPS) is 18.1. The molecule has 0 spiro atoms. The lowest BCUT2D eigenvalue weighted by molar-refractivity contribution is 0.122. The minimum atomic E-state index is -0.0722. The van der Waals surface area contributed by atoms with E-state index in [1.54, 1.807) is 6.07 Å². The van der Waals surface area contributed by atoms with E-state index in [0.717, 1.165) is 62.8 Å². The molecule has 10 nitrogen and oxygen atoms in total. The van der Waals surface area contributed by atoms with Gasteiger partial charge in [-0.1, -0.05) is 0 Å². The van der Waals surface area contributed by atoms with Gasteiger partial charge in [0.15, 0.2) is 0 Å². The Kier molecular flexibility index (Phi) is 7.35. The first kappa shape index (κ1) is 22.1. The van der Waals surface area contributed by atoms with E-state index in [-0.39, 0.29) is 11.0 Å². The summed E-state index contributed by atoms with van der Waals surface area (Å²) in [7, 11) is 3.87. The number of hydrogen-bond donors (Lipinski definition) is 1. The van der Waals surface area contributed by atoms with Gasteiger partial charge in [0.1, 0.15) is 0 Å². The van der Waals surface area contributed by atoms with Crippen molar-refractivity contribution < 1.29 is 10.2 Å². The number of anilines is 2. The highest BCUT2D eigenvalue weighted by Gasteiger charge is 2.24. The van der Waals surface area contributed by atoms with E-state index in [0.29, 0.717) is 25.1 Å². The highest BCUT2D eigenvalue weighted by molar-refractivity contribution is 5.32. The molecule has 3 N–H and O–H groups in total. The molecular weight excluding hydrogens is 386 g/mol. The van der Waals surface area contributed by atoms with E-state index in [1.165, 1.54) is 0 Å². The molecule has 0 amide bonds. The Labute approximate surface area is 176 Å². The monoisotopic (exact) mass is 417 g/mol. The van der Waals surface area contributed by atoms with Crippen molar-refractivity contribution in [1.82, 2.24) is 24.8 Å². The highest BCUT2D eigenvalue weighted by Crippen LogP contribution is 2.27. The van der Waals surface area contributed by atoms with Crippen molar-refractivity contribution in [2.45, 2.75) is 25.3 Å². The molecule has 0 aromatic carbocycles. The van der Waals surface area contributed by atoms with Crippen molar-refractivity contribution in [2.75, 3.05) is 63.3 Å². The van der Waals surface area contributed by atoms with Crippen LogP contribution in [0, 0.1) is 0 Å². The van der Waals surface area contributed by atoms with Crippen LogP contribution in [0.1, 0.15) is 30.0 Å². The summed E-state index contributed by atoms with van der Waals surface area (Å²) >= 11 is 0. The molecule has 0 aliphatic carbocycles. The van der Waals surface area contributed by atoms with Gasteiger partial charge >= 0.3 is 0 Å². The third kappa shape index (κ3) is 5.32. The van der Waals surface area contributed by atoms with E-state index in [1.807, 2.05) is 31.4 Å². The summed E-state index contributed by atoms with van der Waals surface area (Å²) in [5.74, 6) is 1.72. The molecule has 2 aromatic heterocycles. The van der Waals surface area contributed by atoms with Gasteiger partial charge < -0.3 is 20.0 Å². The second-order valence-corrected chi connectivity index (χ2v) is 7.93. The molecule has 0 unspecified atom stereocenters. The Balaban J connectivity index is 0.00000256. The predicted octanol–water partition coefficient (Wildman–Crippen LogP) is 0.0174. The summed E-state index contributed by atoms with van der Waals surface area (Å²) in [6.07, 6.45) is 5.80. The molecule has 0 radical (unpaired) electrons. The standard InChI is InChI=1S/C20H29N7O2.H2O/c1-25(2)19-21-12-15(13-22-19)14-26-5-3-16(4-6-26)17-11-18(28)24-20(23-17)27-7-9-29-10-8-27;/h11-13,16H,3-10,14H2,1-2H3,(H,23,24,28);1H2. The lowest BCUT2D eigenvalue weighted by Gasteiger charge is -2.32. The molecule has 2 aliphatic rings. The van der Waals surface area contributed by atoms with Gasteiger partial charge in [-0.2, -0.15) is 0 Å². The van der Waals surface area contributed by atoms with E-state index >= 15 is 0 Å². The van der Waals surface area contributed by atoms with Gasteiger partial charge in [-0.05, 0) is 25.9 Å². The van der Waals surface area contributed by atoms with Crippen LogP contribution in [-0.4, -0.2) is 83.8 Å². The molecule has 4 heterocycles. The zero-order chi connectivity index (χ0) is 20.2. The van der Waals surface area contributed by atoms with Gasteiger partial charge in [0.2, 0.25) is 11.9 Å². The Morgan fingerprint density at radius 2 is 1.80 bits per heavy atom. The number of piperidine rings is 1. The second-order valence-electron chi connectivity index (χ2n) is 7.93. The van der Waals surface area contributed by atoms with Crippen LogP contribution in [0.15, 0.2) is 23.3 Å². The Bertz CT molecular complexity index is 857. The summed E-state index contributed by atoms with van der Waals surface area (Å²) in [6.45, 7) is 5.67. The fourth-order valence-electron chi connectivity index (χ4n) is 3.90. The number of H-pyrrole nitrogens is 1. The predicted molar refractivity (Wildman–Crippen MR) is 115 cm³/mol. The first-order valence-electron chi connectivity index (χ1n) is 10.2. The van der Waals surface area contributed by atoms with Crippen LogP contribution in [0.2, 0.25) is 0 Å². The van der Waals surface area contributed by atoms with E-state index < -0.39 is 0 Å². The molecule has 4 rings (SSSR count). The zero-order valence-corrected chi connectivity index (χ0v) is 17.7. The van der Waals surface area contributed by atoms with Gasteiger partial charge in [0.05, 0.1) is 18.9 Å². The maximum Gasteiger partial charge on any atom is 0.252 e. The number of nitrogens with zero attached hydrogens (tertiary/aromatic N) is 6. The van der Waals surface area contributed by atoms with Crippen molar-refractivity contribution in [3.63, 3.8) is 0 Å². The number of likely N-dealkylation sites (tertiary alicyclic amines) is 1. The van der Waals surface area contributed by atoms with Crippen molar-refractivity contribution in [2.24, 2.45) is 0 Å². The van der Waals surface area contributed by atoms with Crippen molar-refractivity contribution >= 4 is 11.9 Å². The van der Waals surface area contributed by atoms with Crippen LogP contribution < -0.4 is 15.4 Å². The minimum absolute atomic E-state index is 0. The van der Waals surface area contributed by atoms with Gasteiger partial charge in [-0.15, -0.1) is 0 Å². The molecule has 30 heavy (non-hydrogen) atoms. The van der Waals surface area contributed by atoms with E-state index in [2.05, 4.69) is 24.8 Å². The number of hydrogen-bond acceptors (Lipinski definition) is 8. The van der Waals surface area contributed by atoms with Gasteiger partial charge in [-0.3, -0.25) is 14.7 Å². The highest BCUT2D eigenvalue weighted by atomic mass is 16.5. The van der Waals surface area contributed by atoms with Crippen LogP contribution in [0.25, 0.3) is 0 Å². The molecule has 2 saturated heterocycles. The zero-order valence-electron chi connectivity index (χ0n) is 17.7. The molecular formula is C20H31N7O3. The van der Waals surface area contributed by atoms with Crippen LogP contribution in [0.3, 0.4) is 0 Å². The fraction of sp³-hybridized carbons (Fsp3) is 0.600. The molecule has 0 bridgehead atoms. The fourth-order valence-corrected chi connectivity index (χ4v) is 3.90. The minimum Gasteiger partial charge on any atom is -0.412 e. The largest absolute Gasteiger partial charge is 0.412 e. The lowest BCUT2D eigenvalue weighted by atomic mass is 9.93. The molecule has 0 saturated carbocycles. The SMILES string of the molecule is CN(C)c1ncc(CN2CCC(c3cc(=O)[nH]c(N4CCOCC4)n3)CC2)cn1.O. The quantitative estimate of drug-likeness (QED) is 0.722. The van der Waals surface area contributed by atoms with E-state index in [9.17, 15) is 4.79 Å². The molecule has 164 valence electrons. The topological polar surface area (TPSA) is 122 Å². The number of nitrogens with one attached hydrogen (secondary N) is 1.